The topological polar surface area (TPSA) is 104 Å². The van der Waals surface area contributed by atoms with Crippen molar-refractivity contribution < 1.29 is 24.3 Å². The molecule has 1 aromatic carbocycles. The lowest BCUT2D eigenvalue weighted by atomic mass is 10.1. The Balaban J connectivity index is 1.60. The van der Waals surface area contributed by atoms with E-state index in [0.717, 1.165) is 4.90 Å². The number of imide groups is 1. The van der Waals surface area contributed by atoms with Gasteiger partial charge >= 0.3 is 5.97 Å². The van der Waals surface area contributed by atoms with E-state index in [0.29, 0.717) is 24.0 Å². The fourth-order valence-corrected chi connectivity index (χ4v) is 2.56. The minimum atomic E-state index is -1.32. The smallest absolute Gasteiger partial charge is 0.319 e. The number of benzene rings is 1. The van der Waals surface area contributed by atoms with Crippen LogP contribution in [0.25, 0.3) is 0 Å². The highest BCUT2D eigenvalue weighted by molar-refractivity contribution is 6.21. The number of fused-ring (bicyclic) bond motifs is 1. The number of nitrogens with zero attached hydrogens (tertiary/aromatic N) is 1. The number of hydrogen-bond donors (Lipinski definition) is 2. The first-order chi connectivity index (χ1) is 10.5. The van der Waals surface area contributed by atoms with Gasteiger partial charge in [0.05, 0.1) is 11.1 Å². The van der Waals surface area contributed by atoms with Crippen LogP contribution in [0.2, 0.25) is 0 Å². The predicted octanol–water partition coefficient (Wildman–Crippen LogP) is 0.264. The second-order valence-electron chi connectivity index (χ2n) is 5.45. The van der Waals surface area contributed by atoms with E-state index in [1.807, 2.05) is 0 Å². The highest BCUT2D eigenvalue weighted by atomic mass is 16.4. The molecule has 2 N–H and O–H groups in total. The maximum atomic E-state index is 12.1. The maximum Gasteiger partial charge on any atom is 0.319 e. The molecule has 2 aliphatic rings. The summed E-state index contributed by atoms with van der Waals surface area (Å²) in [7, 11) is 0. The molecule has 114 valence electrons. The molecule has 0 bridgehead atoms. The number of rotatable bonds is 5. The number of aliphatic carboxylic acids is 1. The van der Waals surface area contributed by atoms with Gasteiger partial charge in [0.25, 0.3) is 11.8 Å². The van der Waals surface area contributed by atoms with E-state index in [1.54, 1.807) is 24.3 Å². The van der Waals surface area contributed by atoms with E-state index in [2.05, 4.69) is 5.32 Å². The highest BCUT2D eigenvalue weighted by Crippen LogP contribution is 2.46. The van der Waals surface area contributed by atoms with E-state index in [-0.39, 0.29) is 13.1 Å². The van der Waals surface area contributed by atoms with Crippen LogP contribution in [0.1, 0.15) is 33.6 Å². The van der Waals surface area contributed by atoms with Crippen molar-refractivity contribution in [3.63, 3.8) is 0 Å². The second-order valence-corrected chi connectivity index (χ2v) is 5.45. The van der Waals surface area contributed by atoms with Crippen LogP contribution in [0, 0.1) is 5.41 Å². The van der Waals surface area contributed by atoms with Crippen molar-refractivity contribution in [1.29, 1.82) is 0 Å². The lowest BCUT2D eigenvalue weighted by Crippen LogP contribution is -2.42. The number of carbonyl (C=O) groups excluding carboxylic acids is 3. The predicted molar refractivity (Wildman–Crippen MR) is 74.1 cm³/mol. The van der Waals surface area contributed by atoms with Crippen molar-refractivity contribution >= 4 is 23.7 Å². The first-order valence-corrected chi connectivity index (χ1v) is 6.94. The molecule has 1 saturated carbocycles. The molecule has 0 saturated heterocycles. The van der Waals surface area contributed by atoms with Crippen molar-refractivity contribution in [3.8, 4) is 0 Å². The van der Waals surface area contributed by atoms with Crippen LogP contribution in [0.15, 0.2) is 24.3 Å². The Kier molecular flexibility index (Phi) is 3.20. The molecule has 0 unspecified atom stereocenters. The van der Waals surface area contributed by atoms with Crippen LogP contribution in [0.4, 0.5) is 0 Å². The van der Waals surface area contributed by atoms with Crippen molar-refractivity contribution in [2.45, 2.75) is 12.8 Å². The summed E-state index contributed by atoms with van der Waals surface area (Å²) in [5.74, 6) is -2.48. The molecular weight excluding hydrogens is 288 g/mol. The number of nitrogens with one attached hydrogen (secondary N) is 1. The molecule has 1 heterocycles. The van der Waals surface area contributed by atoms with E-state index in [1.165, 1.54) is 0 Å². The van der Waals surface area contributed by atoms with Gasteiger partial charge in [0.2, 0.25) is 5.91 Å². The van der Waals surface area contributed by atoms with Gasteiger partial charge in [0.15, 0.2) is 0 Å². The molecule has 1 aliphatic heterocycles. The second kappa shape index (κ2) is 4.94. The summed E-state index contributed by atoms with van der Waals surface area (Å²) in [5.41, 5.74) is -0.617. The molecule has 3 amide bonds. The fourth-order valence-electron chi connectivity index (χ4n) is 2.56. The van der Waals surface area contributed by atoms with Crippen molar-refractivity contribution in [2.24, 2.45) is 5.41 Å². The zero-order chi connectivity index (χ0) is 15.9. The number of amides is 3. The van der Waals surface area contributed by atoms with Crippen LogP contribution < -0.4 is 5.32 Å². The van der Waals surface area contributed by atoms with Gasteiger partial charge in [-0.15, -0.1) is 0 Å². The Morgan fingerprint density at radius 3 is 2.14 bits per heavy atom. The van der Waals surface area contributed by atoms with E-state index >= 15 is 0 Å². The van der Waals surface area contributed by atoms with Gasteiger partial charge in [-0.3, -0.25) is 24.1 Å². The van der Waals surface area contributed by atoms with Crippen LogP contribution in [0.3, 0.4) is 0 Å². The third-order valence-corrected chi connectivity index (χ3v) is 4.09. The molecule has 1 aromatic rings. The summed E-state index contributed by atoms with van der Waals surface area (Å²) in [6.45, 7) is 0.0626. The van der Waals surface area contributed by atoms with E-state index in [9.17, 15) is 19.2 Å². The summed E-state index contributed by atoms with van der Waals surface area (Å²) in [5, 5.41) is 11.5. The van der Waals surface area contributed by atoms with E-state index < -0.39 is 29.1 Å². The Morgan fingerprint density at radius 1 is 1.14 bits per heavy atom. The lowest BCUT2D eigenvalue weighted by molar-refractivity contribution is -0.149. The molecule has 3 rings (SSSR count). The monoisotopic (exact) mass is 302 g/mol. The Labute approximate surface area is 125 Å². The molecule has 0 aromatic heterocycles. The molecule has 0 atom stereocenters. The summed E-state index contributed by atoms with van der Waals surface area (Å²) in [4.78, 5) is 48.1. The largest absolute Gasteiger partial charge is 0.480 e. The Morgan fingerprint density at radius 2 is 1.68 bits per heavy atom. The van der Waals surface area contributed by atoms with Gasteiger partial charge < -0.3 is 10.4 Å². The zero-order valence-electron chi connectivity index (χ0n) is 11.7. The average molecular weight is 302 g/mol. The first kappa shape index (κ1) is 14.2. The number of hydrogen-bond acceptors (Lipinski definition) is 4. The SMILES string of the molecule is O=C1c2ccccc2C(=O)N1CCNC(=O)C1(C(=O)O)CC1. The zero-order valence-corrected chi connectivity index (χ0v) is 11.7. The van der Waals surface area contributed by atoms with Crippen molar-refractivity contribution in [1.82, 2.24) is 10.2 Å². The van der Waals surface area contributed by atoms with Gasteiger partial charge in [-0.05, 0) is 25.0 Å². The standard InChI is InChI=1S/C15H14N2O5/c18-11-9-3-1-2-4-10(9)12(19)17(11)8-7-16-13(20)15(5-6-15)14(21)22/h1-4H,5-8H2,(H,16,20)(H,21,22). The average Bonchev–Trinajstić information content (AvgIpc) is 3.28. The minimum absolute atomic E-state index is 0.0216. The van der Waals surface area contributed by atoms with Gasteiger partial charge in [0.1, 0.15) is 5.41 Å². The Bertz CT molecular complexity index is 658. The lowest BCUT2D eigenvalue weighted by Gasteiger charge is -2.15. The Hall–Kier alpha value is -2.70. The molecule has 7 nitrogen and oxygen atoms in total. The van der Waals surface area contributed by atoms with Gasteiger partial charge in [-0.1, -0.05) is 12.1 Å². The van der Waals surface area contributed by atoms with E-state index in [4.69, 9.17) is 5.11 Å². The number of carboxylic acids is 1. The summed E-state index contributed by atoms with van der Waals surface area (Å²) < 4.78 is 0. The normalized spacial score (nSPS) is 18.1. The number of carbonyl (C=O) groups is 4. The summed E-state index contributed by atoms with van der Waals surface area (Å²) in [6.07, 6.45) is 0.641. The number of carboxylic acid groups (broad SMARTS) is 1. The minimum Gasteiger partial charge on any atom is -0.480 e. The van der Waals surface area contributed by atoms with Gasteiger partial charge in [-0.25, -0.2) is 0 Å². The summed E-state index contributed by atoms with van der Waals surface area (Å²) >= 11 is 0. The maximum absolute atomic E-state index is 12.1. The van der Waals surface area contributed by atoms with Gasteiger partial charge in [-0.2, -0.15) is 0 Å². The molecule has 0 radical (unpaired) electrons. The molecule has 1 fully saturated rings. The van der Waals surface area contributed by atoms with Gasteiger partial charge in [0, 0.05) is 13.1 Å². The molecule has 22 heavy (non-hydrogen) atoms. The molecular formula is C15H14N2O5. The van der Waals surface area contributed by atoms with Crippen LogP contribution >= 0.6 is 0 Å². The first-order valence-electron chi connectivity index (χ1n) is 6.94. The molecule has 0 spiro atoms. The molecule has 7 heteroatoms. The molecule has 1 aliphatic carbocycles. The van der Waals surface area contributed by atoms with Crippen molar-refractivity contribution in [2.75, 3.05) is 13.1 Å². The van der Waals surface area contributed by atoms with Crippen LogP contribution in [-0.4, -0.2) is 46.8 Å². The van der Waals surface area contributed by atoms with Crippen molar-refractivity contribution in [3.05, 3.63) is 35.4 Å². The third-order valence-electron chi connectivity index (χ3n) is 4.09. The van der Waals surface area contributed by atoms with Crippen LogP contribution in [-0.2, 0) is 9.59 Å². The van der Waals surface area contributed by atoms with Crippen LogP contribution in [0.5, 0.6) is 0 Å². The third kappa shape index (κ3) is 2.05. The highest BCUT2D eigenvalue weighted by Gasteiger charge is 2.57. The fraction of sp³-hybridized carbons (Fsp3) is 0.333. The quantitative estimate of drug-likeness (QED) is 0.600. The summed E-state index contributed by atoms with van der Waals surface area (Å²) in [6, 6.07) is 6.52.